The predicted octanol–water partition coefficient (Wildman–Crippen LogP) is 2.65. The summed E-state index contributed by atoms with van der Waals surface area (Å²) in [6.45, 7) is 10.3. The number of amides is 1. The lowest BCUT2D eigenvalue weighted by atomic mass is 9.93. The molecule has 6 nitrogen and oxygen atoms in total. The fourth-order valence-corrected chi connectivity index (χ4v) is 5.14. The van der Waals surface area contributed by atoms with Gasteiger partial charge in [0.1, 0.15) is 0 Å². The predicted molar refractivity (Wildman–Crippen MR) is 111 cm³/mol. The third-order valence-corrected chi connectivity index (χ3v) is 6.88. The molecule has 1 amide bonds. The van der Waals surface area contributed by atoms with E-state index in [2.05, 4.69) is 33.5 Å². The zero-order chi connectivity index (χ0) is 19.5. The topological polar surface area (TPSA) is 52.6 Å². The van der Waals surface area contributed by atoms with E-state index in [1.165, 1.54) is 18.4 Å². The van der Waals surface area contributed by atoms with Gasteiger partial charge in [-0.3, -0.25) is 9.69 Å². The van der Waals surface area contributed by atoms with E-state index in [9.17, 15) is 4.79 Å². The Morgan fingerprint density at radius 1 is 1.07 bits per heavy atom. The summed E-state index contributed by atoms with van der Waals surface area (Å²) in [6, 6.07) is 0.599. The molecule has 1 atom stereocenters. The van der Waals surface area contributed by atoms with Crippen LogP contribution in [-0.2, 0) is 11.2 Å². The molecule has 0 aromatic carbocycles. The molecule has 3 saturated heterocycles. The summed E-state index contributed by atoms with van der Waals surface area (Å²) >= 11 is 0. The van der Waals surface area contributed by atoms with Crippen LogP contribution >= 0.6 is 0 Å². The van der Waals surface area contributed by atoms with E-state index >= 15 is 0 Å². The molecule has 4 rings (SSSR count). The number of aryl methyl sites for hydroxylation is 2. The van der Waals surface area contributed by atoms with Crippen molar-refractivity contribution in [3.63, 3.8) is 0 Å². The maximum Gasteiger partial charge on any atom is 0.226 e. The Kier molecular flexibility index (Phi) is 6.14. The van der Waals surface area contributed by atoms with Crippen molar-refractivity contribution in [2.75, 3.05) is 44.2 Å². The number of hydrogen-bond donors (Lipinski definition) is 0. The normalized spacial score (nSPS) is 24.7. The third-order valence-electron chi connectivity index (χ3n) is 6.88. The molecule has 3 aliphatic rings. The molecule has 0 bridgehead atoms. The van der Waals surface area contributed by atoms with Gasteiger partial charge in [-0.15, -0.1) is 0 Å². The quantitative estimate of drug-likeness (QED) is 0.798. The average Bonchev–Trinajstić information content (AvgIpc) is 3.29. The van der Waals surface area contributed by atoms with Crippen LogP contribution in [-0.4, -0.2) is 71.0 Å². The fourth-order valence-electron chi connectivity index (χ4n) is 5.14. The summed E-state index contributed by atoms with van der Waals surface area (Å²) in [5.74, 6) is 1.53. The summed E-state index contributed by atoms with van der Waals surface area (Å²) in [5.41, 5.74) is 2.34. The molecule has 1 aromatic heterocycles. The minimum atomic E-state index is 0.220. The number of carbonyl (C=O) groups is 1. The number of carbonyl (C=O) groups excluding carboxylic acids is 1. The van der Waals surface area contributed by atoms with Gasteiger partial charge in [0, 0.05) is 50.7 Å². The number of anilines is 1. The molecule has 3 aliphatic heterocycles. The number of nitrogens with zero attached hydrogens (tertiary/aromatic N) is 5. The van der Waals surface area contributed by atoms with Crippen molar-refractivity contribution in [1.82, 2.24) is 19.8 Å². The number of rotatable bonds is 4. The number of piperidine rings is 2. The summed E-state index contributed by atoms with van der Waals surface area (Å²) in [4.78, 5) is 29.2. The van der Waals surface area contributed by atoms with Gasteiger partial charge in [-0.2, -0.15) is 0 Å². The van der Waals surface area contributed by atoms with Gasteiger partial charge in [-0.05, 0) is 64.0 Å². The van der Waals surface area contributed by atoms with Crippen LogP contribution in [0.2, 0.25) is 0 Å². The van der Waals surface area contributed by atoms with E-state index in [4.69, 9.17) is 4.98 Å². The van der Waals surface area contributed by atoms with Crippen molar-refractivity contribution in [1.29, 1.82) is 0 Å². The second kappa shape index (κ2) is 8.76. The molecule has 6 heteroatoms. The van der Waals surface area contributed by atoms with E-state index in [-0.39, 0.29) is 5.92 Å². The molecule has 0 radical (unpaired) electrons. The van der Waals surface area contributed by atoms with Crippen LogP contribution in [0, 0.1) is 12.8 Å². The van der Waals surface area contributed by atoms with Crippen LogP contribution < -0.4 is 4.90 Å². The van der Waals surface area contributed by atoms with Gasteiger partial charge in [-0.1, -0.05) is 6.92 Å². The highest BCUT2D eigenvalue weighted by atomic mass is 16.2. The van der Waals surface area contributed by atoms with Crippen molar-refractivity contribution < 1.29 is 4.79 Å². The van der Waals surface area contributed by atoms with Crippen LogP contribution in [0.15, 0.2) is 6.20 Å². The maximum absolute atomic E-state index is 12.8. The smallest absolute Gasteiger partial charge is 0.226 e. The standard InChI is InChI=1S/C22H35N5O/c1-3-20-17(2)15-23-22(24-20)26-13-8-19(9-14-26)27-12-6-7-18(16-27)21(28)25-10-4-5-11-25/h15,18-19H,3-14,16H2,1-2H3. The Labute approximate surface area is 169 Å². The minimum absolute atomic E-state index is 0.220. The number of likely N-dealkylation sites (tertiary alicyclic amines) is 2. The molecule has 28 heavy (non-hydrogen) atoms. The Bertz CT molecular complexity index is 680. The van der Waals surface area contributed by atoms with Crippen LogP contribution in [0.4, 0.5) is 5.95 Å². The molecule has 0 aliphatic carbocycles. The lowest BCUT2D eigenvalue weighted by Crippen LogP contribution is -2.51. The van der Waals surface area contributed by atoms with E-state index in [0.29, 0.717) is 11.9 Å². The summed E-state index contributed by atoms with van der Waals surface area (Å²) in [7, 11) is 0. The van der Waals surface area contributed by atoms with E-state index in [0.717, 1.165) is 83.0 Å². The van der Waals surface area contributed by atoms with Crippen LogP contribution in [0.5, 0.6) is 0 Å². The molecular weight excluding hydrogens is 350 g/mol. The number of hydrogen-bond acceptors (Lipinski definition) is 5. The molecule has 3 fully saturated rings. The first-order valence-electron chi connectivity index (χ1n) is 11.3. The number of aromatic nitrogens is 2. The highest BCUT2D eigenvalue weighted by Gasteiger charge is 2.34. The van der Waals surface area contributed by atoms with Crippen LogP contribution in [0.3, 0.4) is 0 Å². The van der Waals surface area contributed by atoms with Gasteiger partial charge in [-0.25, -0.2) is 9.97 Å². The largest absolute Gasteiger partial charge is 0.342 e. The first kappa shape index (κ1) is 19.6. The van der Waals surface area contributed by atoms with Gasteiger partial charge in [0.15, 0.2) is 0 Å². The maximum atomic E-state index is 12.8. The molecule has 154 valence electrons. The minimum Gasteiger partial charge on any atom is -0.342 e. The van der Waals surface area contributed by atoms with Crippen molar-refractivity contribution in [3.05, 3.63) is 17.5 Å². The lowest BCUT2D eigenvalue weighted by molar-refractivity contribution is -0.136. The highest BCUT2D eigenvalue weighted by Crippen LogP contribution is 2.27. The molecule has 0 N–H and O–H groups in total. The monoisotopic (exact) mass is 385 g/mol. The molecule has 0 spiro atoms. The van der Waals surface area contributed by atoms with Gasteiger partial charge in [0.25, 0.3) is 0 Å². The molecular formula is C22H35N5O. The Balaban J connectivity index is 1.32. The SMILES string of the molecule is CCc1nc(N2CCC(N3CCCC(C(=O)N4CCCC4)C3)CC2)ncc1C. The Hall–Kier alpha value is -1.69. The van der Waals surface area contributed by atoms with Crippen molar-refractivity contribution in [3.8, 4) is 0 Å². The van der Waals surface area contributed by atoms with Gasteiger partial charge in [0.05, 0.1) is 5.92 Å². The molecule has 1 aromatic rings. The van der Waals surface area contributed by atoms with Crippen LogP contribution in [0.1, 0.15) is 56.7 Å². The van der Waals surface area contributed by atoms with Crippen molar-refractivity contribution in [2.24, 2.45) is 5.92 Å². The van der Waals surface area contributed by atoms with Gasteiger partial charge < -0.3 is 9.80 Å². The van der Waals surface area contributed by atoms with Crippen molar-refractivity contribution in [2.45, 2.75) is 64.8 Å². The highest BCUT2D eigenvalue weighted by molar-refractivity contribution is 5.79. The zero-order valence-corrected chi connectivity index (χ0v) is 17.6. The summed E-state index contributed by atoms with van der Waals surface area (Å²) in [5, 5.41) is 0. The van der Waals surface area contributed by atoms with E-state index in [1.54, 1.807) is 0 Å². The Morgan fingerprint density at radius 3 is 2.54 bits per heavy atom. The average molecular weight is 386 g/mol. The summed E-state index contributed by atoms with van der Waals surface area (Å²) in [6.07, 6.45) is 9.80. The fraction of sp³-hybridized carbons (Fsp3) is 0.773. The third kappa shape index (κ3) is 4.17. The molecule has 0 saturated carbocycles. The van der Waals surface area contributed by atoms with Crippen molar-refractivity contribution >= 4 is 11.9 Å². The zero-order valence-electron chi connectivity index (χ0n) is 17.6. The van der Waals surface area contributed by atoms with Gasteiger partial charge in [0.2, 0.25) is 11.9 Å². The Morgan fingerprint density at radius 2 is 1.82 bits per heavy atom. The second-order valence-corrected chi connectivity index (χ2v) is 8.74. The summed E-state index contributed by atoms with van der Waals surface area (Å²) < 4.78 is 0. The second-order valence-electron chi connectivity index (χ2n) is 8.74. The first-order chi connectivity index (χ1) is 13.7. The van der Waals surface area contributed by atoms with Gasteiger partial charge >= 0.3 is 0 Å². The van der Waals surface area contributed by atoms with E-state index < -0.39 is 0 Å². The molecule has 4 heterocycles. The van der Waals surface area contributed by atoms with E-state index in [1.807, 2.05) is 6.20 Å². The molecule has 1 unspecified atom stereocenters. The van der Waals surface area contributed by atoms with Crippen LogP contribution in [0.25, 0.3) is 0 Å². The lowest BCUT2D eigenvalue weighted by Gasteiger charge is -2.42. The first-order valence-corrected chi connectivity index (χ1v) is 11.3.